The molecule has 1 saturated carbocycles. The monoisotopic (exact) mass is 390 g/mol. The van der Waals surface area contributed by atoms with Crippen molar-refractivity contribution in [3.05, 3.63) is 72.3 Å². The van der Waals surface area contributed by atoms with Crippen LogP contribution < -0.4 is 0 Å². The molecule has 0 radical (unpaired) electrons. The van der Waals surface area contributed by atoms with Crippen LogP contribution in [0.25, 0.3) is 0 Å². The van der Waals surface area contributed by atoms with Crippen molar-refractivity contribution >= 4 is 5.97 Å². The van der Waals surface area contributed by atoms with E-state index in [4.69, 9.17) is 4.74 Å². The van der Waals surface area contributed by atoms with Crippen molar-refractivity contribution in [1.82, 2.24) is 0 Å². The number of hydrogen-bond donors (Lipinski definition) is 0. The number of alkyl halides is 2. The van der Waals surface area contributed by atoms with E-state index in [-0.39, 0.29) is 11.3 Å². The molecule has 0 spiro atoms. The lowest BCUT2D eigenvalue weighted by Gasteiger charge is -2.40. The maximum atomic E-state index is 15.4. The molecule has 3 rings (SSSR count). The summed E-state index contributed by atoms with van der Waals surface area (Å²) in [4.78, 5) is 12.1. The maximum Gasteiger partial charge on any atom is 0.343 e. The smallest absolute Gasteiger partial charge is 0.343 e. The van der Waals surface area contributed by atoms with Crippen molar-refractivity contribution in [2.75, 3.05) is 0 Å². The predicted octanol–water partition coefficient (Wildman–Crippen LogP) is 6.41. The lowest BCUT2D eigenvalue weighted by Crippen LogP contribution is -2.45. The number of ether oxygens (including phenoxy) is 1. The molecule has 28 heavy (non-hydrogen) atoms. The van der Waals surface area contributed by atoms with Gasteiger partial charge in [0.2, 0.25) is 0 Å². The zero-order chi connectivity index (χ0) is 20.1. The molecule has 1 aromatic carbocycles. The first-order chi connectivity index (χ1) is 13.4. The van der Waals surface area contributed by atoms with E-state index in [9.17, 15) is 13.6 Å². The van der Waals surface area contributed by atoms with Gasteiger partial charge in [-0.3, -0.25) is 0 Å². The minimum atomic E-state index is -2.69. The Kier molecular flexibility index (Phi) is 6.42. The highest BCUT2D eigenvalue weighted by molar-refractivity contribution is 5.90. The number of allylic oxidation sites excluding steroid dienone is 4. The van der Waals surface area contributed by atoms with Gasteiger partial charge in [-0.1, -0.05) is 37.1 Å². The van der Waals surface area contributed by atoms with Crippen molar-refractivity contribution in [2.24, 2.45) is 11.8 Å². The first-order valence-corrected chi connectivity index (χ1v) is 9.75. The molecule has 0 saturated heterocycles. The lowest BCUT2D eigenvalue weighted by atomic mass is 9.70. The topological polar surface area (TPSA) is 26.3 Å². The second-order valence-corrected chi connectivity index (χ2v) is 7.57. The van der Waals surface area contributed by atoms with E-state index in [0.717, 1.165) is 37.8 Å². The Morgan fingerprint density at radius 1 is 1.21 bits per heavy atom. The number of carbonyl (C=O) groups is 1. The fourth-order valence-electron chi connectivity index (χ4n) is 4.13. The molecule has 0 aliphatic heterocycles. The summed E-state index contributed by atoms with van der Waals surface area (Å²) in [6.45, 7) is 3.70. The Hall–Kier alpha value is -2.30. The summed E-state index contributed by atoms with van der Waals surface area (Å²) in [7, 11) is 0. The van der Waals surface area contributed by atoms with E-state index in [1.807, 2.05) is 6.08 Å². The maximum absolute atomic E-state index is 15.4. The molecule has 0 heterocycles. The van der Waals surface area contributed by atoms with Crippen molar-refractivity contribution in [3.63, 3.8) is 0 Å². The quantitative estimate of drug-likeness (QED) is 0.414. The van der Waals surface area contributed by atoms with Gasteiger partial charge < -0.3 is 4.74 Å². The van der Waals surface area contributed by atoms with Gasteiger partial charge in [-0.05, 0) is 49.8 Å². The average molecular weight is 390 g/mol. The summed E-state index contributed by atoms with van der Waals surface area (Å²) in [5, 5.41) is 0. The zero-order valence-electron chi connectivity index (χ0n) is 15.8. The van der Waals surface area contributed by atoms with E-state index in [1.165, 1.54) is 12.1 Å². The molecule has 150 valence electrons. The number of rotatable bonds is 6. The van der Waals surface area contributed by atoms with E-state index < -0.39 is 29.6 Å². The van der Waals surface area contributed by atoms with E-state index in [0.29, 0.717) is 18.8 Å². The van der Waals surface area contributed by atoms with Crippen molar-refractivity contribution in [2.45, 2.75) is 50.4 Å². The molecule has 0 amide bonds. The number of benzene rings is 1. The molecular weight excluding hydrogens is 365 g/mol. The summed E-state index contributed by atoms with van der Waals surface area (Å²) in [5.41, 5.74) is -2.44. The number of carbonyl (C=O) groups excluding carboxylic acids is 1. The molecule has 0 bridgehead atoms. The van der Waals surface area contributed by atoms with Crippen molar-refractivity contribution < 1.29 is 22.7 Å². The Balaban J connectivity index is 1.66. The van der Waals surface area contributed by atoms with Crippen LogP contribution in [0.5, 0.6) is 0 Å². The van der Waals surface area contributed by atoms with Gasteiger partial charge in [0.05, 0.1) is 5.56 Å². The summed E-state index contributed by atoms with van der Waals surface area (Å²) in [6, 6.07) is 8.10. The largest absolute Gasteiger partial charge is 0.423 e. The predicted molar refractivity (Wildman–Crippen MR) is 103 cm³/mol. The minimum Gasteiger partial charge on any atom is -0.423 e. The number of esters is 1. The molecular formula is C23H25F3O2. The second kappa shape index (κ2) is 8.80. The molecule has 5 heteroatoms. The molecule has 2 aliphatic rings. The van der Waals surface area contributed by atoms with Crippen LogP contribution in [0.4, 0.5) is 13.2 Å². The Labute approximate surface area is 163 Å². The Bertz CT molecular complexity index is 763. The minimum absolute atomic E-state index is 0.252. The standard InChI is InChI=1S/C23H25F3O2/c1-2-3-7-16-10-12-18(13-11-16)23(26)20(24)14-19(15-21(23)25)28-22(27)17-8-5-4-6-9-17/h2,4-6,8-9,14-16,18,20H,1,3,7,10-13H2. The first-order valence-electron chi connectivity index (χ1n) is 9.75. The number of halogens is 3. The van der Waals surface area contributed by atoms with Crippen LogP contribution in [0.2, 0.25) is 0 Å². The van der Waals surface area contributed by atoms with Crippen LogP contribution in [0.1, 0.15) is 48.9 Å². The van der Waals surface area contributed by atoms with Crippen molar-refractivity contribution in [1.29, 1.82) is 0 Å². The molecule has 1 fully saturated rings. The molecule has 2 atom stereocenters. The van der Waals surface area contributed by atoms with E-state index >= 15 is 4.39 Å². The van der Waals surface area contributed by atoms with Crippen LogP contribution in [-0.2, 0) is 4.74 Å². The highest BCUT2D eigenvalue weighted by Crippen LogP contribution is 2.48. The fourth-order valence-corrected chi connectivity index (χ4v) is 4.13. The van der Waals surface area contributed by atoms with Gasteiger partial charge in [0.25, 0.3) is 0 Å². The fraction of sp³-hybridized carbons (Fsp3) is 0.435. The van der Waals surface area contributed by atoms with Crippen LogP contribution in [-0.4, -0.2) is 17.8 Å². The molecule has 1 aromatic rings. The van der Waals surface area contributed by atoms with Gasteiger partial charge in [-0.2, -0.15) is 0 Å². The molecule has 0 N–H and O–H groups in total. The lowest BCUT2D eigenvalue weighted by molar-refractivity contribution is 0.000912. The van der Waals surface area contributed by atoms with Gasteiger partial charge in [0.15, 0.2) is 11.8 Å². The third kappa shape index (κ3) is 4.23. The highest BCUT2D eigenvalue weighted by Gasteiger charge is 2.52. The second-order valence-electron chi connectivity index (χ2n) is 7.57. The normalized spacial score (nSPS) is 30.2. The van der Waals surface area contributed by atoms with Crippen LogP contribution in [0.15, 0.2) is 66.7 Å². The molecule has 2 unspecified atom stereocenters. The molecule has 2 aliphatic carbocycles. The van der Waals surface area contributed by atoms with Gasteiger partial charge >= 0.3 is 5.97 Å². The highest BCUT2D eigenvalue weighted by atomic mass is 19.2. The van der Waals surface area contributed by atoms with Gasteiger partial charge in [-0.25, -0.2) is 18.0 Å². The SMILES string of the molecule is C=CCCC1CCC(C2(F)C(F)=CC(OC(=O)c3ccccc3)=CC2F)CC1. The van der Waals surface area contributed by atoms with E-state index in [1.54, 1.807) is 18.2 Å². The Morgan fingerprint density at radius 3 is 2.50 bits per heavy atom. The summed E-state index contributed by atoms with van der Waals surface area (Å²) >= 11 is 0. The summed E-state index contributed by atoms with van der Waals surface area (Å²) in [6.07, 6.45) is 5.60. The summed E-state index contributed by atoms with van der Waals surface area (Å²) in [5.74, 6) is -2.51. The van der Waals surface area contributed by atoms with Gasteiger partial charge in [-0.15, -0.1) is 6.58 Å². The first kappa shape index (κ1) is 20.4. The third-order valence-electron chi connectivity index (χ3n) is 5.79. The van der Waals surface area contributed by atoms with Crippen LogP contribution in [0, 0.1) is 11.8 Å². The summed E-state index contributed by atoms with van der Waals surface area (Å²) < 4.78 is 49.9. The zero-order valence-corrected chi connectivity index (χ0v) is 15.8. The van der Waals surface area contributed by atoms with Gasteiger partial charge in [0, 0.05) is 12.0 Å². The average Bonchev–Trinajstić information content (AvgIpc) is 2.71. The van der Waals surface area contributed by atoms with Crippen LogP contribution >= 0.6 is 0 Å². The van der Waals surface area contributed by atoms with Crippen molar-refractivity contribution in [3.8, 4) is 0 Å². The Morgan fingerprint density at radius 2 is 1.89 bits per heavy atom. The van der Waals surface area contributed by atoms with Gasteiger partial charge in [0.1, 0.15) is 11.6 Å². The number of hydrogen-bond acceptors (Lipinski definition) is 2. The molecule has 0 aromatic heterocycles. The van der Waals surface area contributed by atoms with E-state index in [2.05, 4.69) is 6.58 Å². The third-order valence-corrected chi connectivity index (χ3v) is 5.79. The molecule has 2 nitrogen and oxygen atoms in total. The van der Waals surface area contributed by atoms with Crippen LogP contribution in [0.3, 0.4) is 0 Å².